The Morgan fingerprint density at radius 3 is 2.43 bits per heavy atom. The van der Waals surface area contributed by atoms with Crippen molar-refractivity contribution in [1.29, 1.82) is 5.26 Å². The molecule has 108 valence electrons. The number of benzene rings is 2. The lowest BCUT2D eigenvalue weighted by Gasteiger charge is -2.09. The summed E-state index contributed by atoms with van der Waals surface area (Å²) in [6, 6.07) is 14.1. The van der Waals surface area contributed by atoms with Gasteiger partial charge in [-0.15, -0.1) is 0 Å². The molecular formula is C16H16N2O2S. The first-order valence-corrected chi connectivity index (χ1v) is 7.97. The van der Waals surface area contributed by atoms with Crippen molar-refractivity contribution < 1.29 is 8.42 Å². The molecule has 2 rings (SSSR count). The summed E-state index contributed by atoms with van der Waals surface area (Å²) in [4.78, 5) is 0.174. The number of nitrogens with zero attached hydrogens (tertiary/aromatic N) is 1. The Balaban J connectivity index is 2.21. The van der Waals surface area contributed by atoms with Crippen LogP contribution >= 0.6 is 0 Å². The maximum Gasteiger partial charge on any atom is 0.240 e. The molecule has 0 spiro atoms. The van der Waals surface area contributed by atoms with Crippen LogP contribution in [0.25, 0.3) is 0 Å². The minimum absolute atomic E-state index is 0.174. The Morgan fingerprint density at radius 1 is 1.10 bits per heavy atom. The molecule has 21 heavy (non-hydrogen) atoms. The second-order valence-electron chi connectivity index (χ2n) is 4.84. The highest BCUT2D eigenvalue weighted by molar-refractivity contribution is 7.89. The maximum atomic E-state index is 12.3. The monoisotopic (exact) mass is 300 g/mol. The van der Waals surface area contributed by atoms with Gasteiger partial charge in [-0.1, -0.05) is 24.3 Å². The van der Waals surface area contributed by atoms with Crippen LogP contribution in [0.3, 0.4) is 0 Å². The molecule has 0 saturated carbocycles. The number of rotatable bonds is 4. The lowest BCUT2D eigenvalue weighted by molar-refractivity contribution is 0.581. The Kier molecular flexibility index (Phi) is 4.41. The fourth-order valence-electron chi connectivity index (χ4n) is 1.99. The molecule has 0 radical (unpaired) electrons. The summed E-state index contributed by atoms with van der Waals surface area (Å²) in [7, 11) is -3.58. The molecule has 0 unspecified atom stereocenters. The first-order valence-electron chi connectivity index (χ1n) is 6.49. The highest BCUT2D eigenvalue weighted by atomic mass is 32.2. The zero-order valence-electron chi connectivity index (χ0n) is 11.9. The van der Waals surface area contributed by atoms with E-state index in [1.807, 2.05) is 37.3 Å². The van der Waals surface area contributed by atoms with Crippen molar-refractivity contribution >= 4 is 10.0 Å². The van der Waals surface area contributed by atoms with Crippen molar-refractivity contribution in [2.45, 2.75) is 25.3 Å². The van der Waals surface area contributed by atoms with Crippen LogP contribution in [0.2, 0.25) is 0 Å². The fourth-order valence-corrected chi connectivity index (χ4v) is 3.08. The van der Waals surface area contributed by atoms with Gasteiger partial charge in [0.1, 0.15) is 0 Å². The molecule has 0 aromatic heterocycles. The summed E-state index contributed by atoms with van der Waals surface area (Å²) in [5.74, 6) is 0. The molecule has 0 atom stereocenters. The van der Waals surface area contributed by atoms with E-state index in [0.29, 0.717) is 11.1 Å². The molecule has 4 nitrogen and oxygen atoms in total. The van der Waals surface area contributed by atoms with Crippen LogP contribution in [0.5, 0.6) is 0 Å². The van der Waals surface area contributed by atoms with Crippen LogP contribution in [-0.4, -0.2) is 8.42 Å². The number of nitriles is 1. The van der Waals surface area contributed by atoms with Crippen LogP contribution in [0, 0.1) is 25.2 Å². The van der Waals surface area contributed by atoms with Gasteiger partial charge in [0.25, 0.3) is 0 Å². The van der Waals surface area contributed by atoms with Crippen LogP contribution in [-0.2, 0) is 16.6 Å². The van der Waals surface area contributed by atoms with Crippen molar-refractivity contribution in [3.05, 3.63) is 64.7 Å². The fraction of sp³-hybridized carbons (Fsp3) is 0.188. The minimum atomic E-state index is -3.58. The average molecular weight is 300 g/mol. The van der Waals surface area contributed by atoms with Gasteiger partial charge in [-0.3, -0.25) is 0 Å². The summed E-state index contributed by atoms with van der Waals surface area (Å²) < 4.78 is 27.1. The molecule has 2 aromatic carbocycles. The normalized spacial score (nSPS) is 11.1. The van der Waals surface area contributed by atoms with Crippen LogP contribution < -0.4 is 4.72 Å². The van der Waals surface area contributed by atoms with Gasteiger partial charge < -0.3 is 0 Å². The summed E-state index contributed by atoms with van der Waals surface area (Å²) in [6.45, 7) is 3.91. The Hall–Kier alpha value is -2.16. The predicted molar refractivity (Wildman–Crippen MR) is 81.1 cm³/mol. The molecule has 1 N–H and O–H groups in total. The molecule has 0 amide bonds. The van der Waals surface area contributed by atoms with Gasteiger partial charge >= 0.3 is 0 Å². The first-order chi connectivity index (χ1) is 9.94. The number of aryl methyl sites for hydroxylation is 2. The van der Waals surface area contributed by atoms with Crippen LogP contribution in [0.1, 0.15) is 22.3 Å². The van der Waals surface area contributed by atoms with Crippen molar-refractivity contribution in [2.75, 3.05) is 0 Å². The van der Waals surface area contributed by atoms with Gasteiger partial charge in [0.05, 0.1) is 16.5 Å². The molecule has 0 heterocycles. The quantitative estimate of drug-likeness (QED) is 0.943. The molecule has 0 bridgehead atoms. The third kappa shape index (κ3) is 3.48. The zero-order chi connectivity index (χ0) is 15.5. The van der Waals surface area contributed by atoms with E-state index in [9.17, 15) is 8.42 Å². The van der Waals surface area contributed by atoms with E-state index < -0.39 is 10.0 Å². The topological polar surface area (TPSA) is 70.0 Å². The SMILES string of the molecule is Cc1cc(S(=O)(=O)NCc2ccccc2C)ccc1C#N. The summed E-state index contributed by atoms with van der Waals surface area (Å²) in [6.07, 6.45) is 0. The lowest BCUT2D eigenvalue weighted by Crippen LogP contribution is -2.23. The molecule has 0 aliphatic rings. The number of hydrogen-bond donors (Lipinski definition) is 1. The van der Waals surface area contributed by atoms with Gasteiger partial charge in [-0.2, -0.15) is 5.26 Å². The van der Waals surface area contributed by atoms with E-state index >= 15 is 0 Å². The molecule has 0 saturated heterocycles. The van der Waals surface area contributed by atoms with E-state index in [2.05, 4.69) is 4.72 Å². The summed E-state index contributed by atoms with van der Waals surface area (Å²) in [5.41, 5.74) is 3.10. The van der Waals surface area contributed by atoms with Gasteiger partial charge in [0.15, 0.2) is 0 Å². The van der Waals surface area contributed by atoms with Gasteiger partial charge in [0, 0.05) is 6.54 Å². The average Bonchev–Trinajstić information content (AvgIpc) is 2.46. The maximum absolute atomic E-state index is 12.3. The Bertz CT molecular complexity index is 805. The minimum Gasteiger partial charge on any atom is -0.207 e. The number of hydrogen-bond acceptors (Lipinski definition) is 3. The van der Waals surface area contributed by atoms with Crippen molar-refractivity contribution in [1.82, 2.24) is 4.72 Å². The van der Waals surface area contributed by atoms with Crippen LogP contribution in [0.15, 0.2) is 47.4 Å². The smallest absolute Gasteiger partial charge is 0.207 e. The standard InChI is InChI=1S/C16H16N2O2S/c1-12-5-3-4-6-15(12)11-18-21(19,20)16-8-7-14(10-17)13(2)9-16/h3-9,18H,11H2,1-2H3. The Labute approximate surface area is 125 Å². The van der Waals surface area contributed by atoms with E-state index in [4.69, 9.17) is 5.26 Å². The molecule has 5 heteroatoms. The van der Waals surface area contributed by atoms with Crippen molar-refractivity contribution in [3.8, 4) is 6.07 Å². The highest BCUT2D eigenvalue weighted by Gasteiger charge is 2.15. The van der Waals surface area contributed by atoms with E-state index in [1.165, 1.54) is 18.2 Å². The van der Waals surface area contributed by atoms with Gasteiger partial charge in [-0.25, -0.2) is 13.1 Å². The molecular weight excluding hydrogens is 284 g/mol. The van der Waals surface area contributed by atoms with Gasteiger partial charge in [0.2, 0.25) is 10.0 Å². The zero-order valence-corrected chi connectivity index (χ0v) is 12.7. The predicted octanol–water partition coefficient (Wildman–Crippen LogP) is 2.65. The third-order valence-corrected chi connectivity index (χ3v) is 4.74. The number of nitrogens with one attached hydrogen (secondary N) is 1. The highest BCUT2D eigenvalue weighted by Crippen LogP contribution is 2.15. The second-order valence-corrected chi connectivity index (χ2v) is 6.61. The van der Waals surface area contributed by atoms with E-state index in [0.717, 1.165) is 11.1 Å². The van der Waals surface area contributed by atoms with Crippen molar-refractivity contribution in [2.24, 2.45) is 0 Å². The molecule has 0 aliphatic heterocycles. The lowest BCUT2D eigenvalue weighted by atomic mass is 10.1. The summed E-state index contributed by atoms with van der Waals surface area (Å²) in [5, 5.41) is 8.88. The van der Waals surface area contributed by atoms with Crippen LogP contribution in [0.4, 0.5) is 0 Å². The van der Waals surface area contributed by atoms with E-state index in [1.54, 1.807) is 6.92 Å². The van der Waals surface area contributed by atoms with Crippen molar-refractivity contribution in [3.63, 3.8) is 0 Å². The molecule has 0 fully saturated rings. The molecule has 0 aliphatic carbocycles. The summed E-state index contributed by atoms with van der Waals surface area (Å²) >= 11 is 0. The Morgan fingerprint density at radius 2 is 1.81 bits per heavy atom. The molecule has 2 aromatic rings. The second kappa shape index (κ2) is 6.08. The third-order valence-electron chi connectivity index (χ3n) is 3.34. The number of sulfonamides is 1. The van der Waals surface area contributed by atoms with Gasteiger partial charge in [-0.05, 0) is 48.7 Å². The first kappa shape index (κ1) is 15.2. The largest absolute Gasteiger partial charge is 0.240 e. The van der Waals surface area contributed by atoms with E-state index in [-0.39, 0.29) is 11.4 Å².